The zero-order chi connectivity index (χ0) is 14.1. The van der Waals surface area contributed by atoms with Crippen LogP contribution in [0.1, 0.15) is 24.1 Å². The van der Waals surface area contributed by atoms with Crippen molar-refractivity contribution in [2.45, 2.75) is 19.4 Å². The lowest BCUT2D eigenvalue weighted by Gasteiger charge is -2.16. The first-order chi connectivity index (χ1) is 9.69. The van der Waals surface area contributed by atoms with E-state index in [2.05, 4.69) is 5.32 Å². The summed E-state index contributed by atoms with van der Waals surface area (Å²) in [6.07, 6.45) is 0.705. The molecule has 0 spiro atoms. The number of benzene rings is 2. The standard InChI is InChI=1S/C16H15ClFNO/c1-2-20-15-6-4-3-5-12(15)14-8-10-7-11(17)9-13(18)16(10)19-14/h3-7,9,14,19H,2,8H2,1H3. The SMILES string of the molecule is CCOc1ccccc1C1Cc2cc(Cl)cc(F)c2N1. The minimum absolute atomic E-state index is 0.0146. The van der Waals surface area contributed by atoms with Gasteiger partial charge in [-0.3, -0.25) is 0 Å². The van der Waals surface area contributed by atoms with Crippen LogP contribution in [0.4, 0.5) is 10.1 Å². The fraction of sp³-hybridized carbons (Fsp3) is 0.250. The summed E-state index contributed by atoms with van der Waals surface area (Å²) in [5, 5.41) is 3.66. The molecule has 0 radical (unpaired) electrons. The van der Waals surface area contributed by atoms with Crippen LogP contribution in [0, 0.1) is 5.82 Å². The summed E-state index contributed by atoms with van der Waals surface area (Å²) in [7, 11) is 0. The zero-order valence-corrected chi connectivity index (χ0v) is 11.9. The number of fused-ring (bicyclic) bond motifs is 1. The smallest absolute Gasteiger partial charge is 0.148 e. The van der Waals surface area contributed by atoms with Gasteiger partial charge in [-0.1, -0.05) is 29.8 Å². The molecule has 1 unspecified atom stereocenters. The van der Waals surface area contributed by atoms with E-state index < -0.39 is 0 Å². The summed E-state index contributed by atoms with van der Waals surface area (Å²) in [6, 6.07) is 11.0. The molecular formula is C16H15ClFNO. The molecule has 0 amide bonds. The number of anilines is 1. The molecule has 0 bridgehead atoms. The molecule has 1 aliphatic heterocycles. The predicted molar refractivity (Wildman–Crippen MR) is 79.1 cm³/mol. The third-order valence-corrected chi connectivity index (χ3v) is 3.69. The summed E-state index contributed by atoms with van der Waals surface area (Å²) in [6.45, 7) is 2.56. The second kappa shape index (κ2) is 5.33. The lowest BCUT2D eigenvalue weighted by molar-refractivity contribution is 0.335. The highest BCUT2D eigenvalue weighted by atomic mass is 35.5. The Bertz CT molecular complexity index is 644. The number of rotatable bonds is 3. The van der Waals surface area contributed by atoms with E-state index >= 15 is 0 Å². The van der Waals surface area contributed by atoms with Crippen molar-refractivity contribution in [2.24, 2.45) is 0 Å². The van der Waals surface area contributed by atoms with Crippen molar-refractivity contribution in [2.75, 3.05) is 11.9 Å². The van der Waals surface area contributed by atoms with Crippen LogP contribution in [0.25, 0.3) is 0 Å². The van der Waals surface area contributed by atoms with Crippen molar-refractivity contribution >= 4 is 17.3 Å². The Hall–Kier alpha value is -1.74. The van der Waals surface area contributed by atoms with Gasteiger partial charge in [-0.15, -0.1) is 0 Å². The monoisotopic (exact) mass is 291 g/mol. The molecule has 1 atom stereocenters. The number of hydrogen-bond acceptors (Lipinski definition) is 2. The Morgan fingerprint density at radius 1 is 1.35 bits per heavy atom. The Balaban J connectivity index is 1.94. The molecule has 1 N–H and O–H groups in total. The van der Waals surface area contributed by atoms with Crippen LogP contribution in [0.15, 0.2) is 36.4 Å². The number of halogens is 2. The molecule has 4 heteroatoms. The Kier molecular flexibility index (Phi) is 3.53. The first-order valence-electron chi connectivity index (χ1n) is 6.65. The largest absolute Gasteiger partial charge is 0.494 e. The summed E-state index contributed by atoms with van der Waals surface area (Å²) >= 11 is 5.91. The number of ether oxygens (including phenoxy) is 1. The topological polar surface area (TPSA) is 21.3 Å². The Morgan fingerprint density at radius 2 is 2.15 bits per heavy atom. The van der Waals surface area contributed by atoms with Crippen LogP contribution in [-0.4, -0.2) is 6.61 Å². The van der Waals surface area contributed by atoms with Gasteiger partial charge in [0.05, 0.1) is 18.3 Å². The van der Waals surface area contributed by atoms with Gasteiger partial charge in [-0.2, -0.15) is 0 Å². The molecule has 20 heavy (non-hydrogen) atoms. The first kappa shape index (κ1) is 13.3. The van der Waals surface area contributed by atoms with Gasteiger partial charge in [-0.25, -0.2) is 4.39 Å². The fourth-order valence-corrected chi connectivity index (χ4v) is 2.87. The molecule has 1 aliphatic rings. The van der Waals surface area contributed by atoms with E-state index in [1.54, 1.807) is 0 Å². The molecule has 0 saturated carbocycles. The molecule has 104 valence electrons. The van der Waals surface area contributed by atoms with E-state index in [0.717, 1.165) is 16.9 Å². The zero-order valence-electron chi connectivity index (χ0n) is 11.1. The van der Waals surface area contributed by atoms with Crippen LogP contribution in [0.2, 0.25) is 5.02 Å². The highest BCUT2D eigenvalue weighted by Crippen LogP contribution is 2.40. The molecule has 1 heterocycles. The van der Waals surface area contributed by atoms with Crippen molar-refractivity contribution in [1.29, 1.82) is 0 Å². The summed E-state index contributed by atoms with van der Waals surface area (Å²) < 4.78 is 19.6. The van der Waals surface area contributed by atoms with Crippen LogP contribution >= 0.6 is 11.6 Å². The van der Waals surface area contributed by atoms with Gasteiger partial charge < -0.3 is 10.1 Å². The minimum Gasteiger partial charge on any atom is -0.494 e. The van der Waals surface area contributed by atoms with Gasteiger partial charge in [-0.05, 0) is 37.1 Å². The predicted octanol–water partition coefficient (Wildman–Crippen LogP) is 4.59. The van der Waals surface area contributed by atoms with Crippen LogP contribution in [0.3, 0.4) is 0 Å². The van der Waals surface area contributed by atoms with Crippen LogP contribution < -0.4 is 10.1 Å². The van der Waals surface area contributed by atoms with Gasteiger partial charge in [0.15, 0.2) is 0 Å². The summed E-state index contributed by atoms with van der Waals surface area (Å²) in [4.78, 5) is 0. The Morgan fingerprint density at radius 3 is 2.95 bits per heavy atom. The van der Waals surface area contributed by atoms with Gasteiger partial charge in [0.2, 0.25) is 0 Å². The Labute approximate surface area is 122 Å². The van der Waals surface area contributed by atoms with E-state index in [1.807, 2.05) is 37.3 Å². The van der Waals surface area contributed by atoms with Crippen LogP contribution in [-0.2, 0) is 6.42 Å². The molecule has 0 saturated heterocycles. The lowest BCUT2D eigenvalue weighted by atomic mass is 10.0. The average molecular weight is 292 g/mol. The molecule has 2 aromatic carbocycles. The molecule has 0 aliphatic carbocycles. The highest BCUT2D eigenvalue weighted by Gasteiger charge is 2.27. The van der Waals surface area contributed by atoms with E-state index in [-0.39, 0.29) is 11.9 Å². The quantitative estimate of drug-likeness (QED) is 0.893. The first-order valence-corrected chi connectivity index (χ1v) is 7.03. The maximum Gasteiger partial charge on any atom is 0.148 e. The van der Waals surface area contributed by atoms with E-state index in [0.29, 0.717) is 23.7 Å². The highest BCUT2D eigenvalue weighted by molar-refractivity contribution is 6.30. The number of para-hydroxylation sites is 1. The third kappa shape index (κ3) is 2.34. The molecule has 2 nitrogen and oxygen atoms in total. The average Bonchev–Trinajstić information content (AvgIpc) is 2.83. The van der Waals surface area contributed by atoms with E-state index in [1.165, 1.54) is 6.07 Å². The summed E-state index contributed by atoms with van der Waals surface area (Å²) in [5.41, 5.74) is 2.50. The van der Waals surface area contributed by atoms with Gasteiger partial charge in [0.25, 0.3) is 0 Å². The molecule has 3 rings (SSSR count). The number of hydrogen-bond donors (Lipinski definition) is 1. The molecule has 0 fully saturated rings. The van der Waals surface area contributed by atoms with Gasteiger partial charge in [0.1, 0.15) is 11.6 Å². The number of nitrogens with one attached hydrogen (secondary N) is 1. The van der Waals surface area contributed by atoms with Crippen molar-refractivity contribution in [3.63, 3.8) is 0 Å². The fourth-order valence-electron chi connectivity index (χ4n) is 2.64. The molecular weight excluding hydrogens is 277 g/mol. The minimum atomic E-state index is -0.302. The molecule has 0 aromatic heterocycles. The maximum absolute atomic E-state index is 13.9. The second-order valence-corrected chi connectivity index (χ2v) is 5.23. The van der Waals surface area contributed by atoms with Gasteiger partial charge in [0, 0.05) is 10.6 Å². The van der Waals surface area contributed by atoms with E-state index in [4.69, 9.17) is 16.3 Å². The van der Waals surface area contributed by atoms with Crippen molar-refractivity contribution in [1.82, 2.24) is 0 Å². The summed E-state index contributed by atoms with van der Waals surface area (Å²) in [5.74, 6) is 0.538. The second-order valence-electron chi connectivity index (χ2n) is 4.79. The van der Waals surface area contributed by atoms with Crippen molar-refractivity contribution < 1.29 is 9.13 Å². The van der Waals surface area contributed by atoms with Crippen molar-refractivity contribution in [3.05, 3.63) is 58.4 Å². The molecule has 2 aromatic rings. The van der Waals surface area contributed by atoms with Crippen LogP contribution in [0.5, 0.6) is 5.75 Å². The van der Waals surface area contributed by atoms with E-state index in [9.17, 15) is 4.39 Å². The third-order valence-electron chi connectivity index (χ3n) is 3.47. The van der Waals surface area contributed by atoms with Crippen molar-refractivity contribution in [3.8, 4) is 5.75 Å². The lowest BCUT2D eigenvalue weighted by Crippen LogP contribution is -2.08. The maximum atomic E-state index is 13.9. The van der Waals surface area contributed by atoms with Gasteiger partial charge >= 0.3 is 0 Å². The normalized spacial score (nSPS) is 16.6.